The molecule has 1 amide bonds. The van der Waals surface area contributed by atoms with E-state index >= 15 is 0 Å². The maximum Gasteiger partial charge on any atom is 0.273 e. The van der Waals surface area contributed by atoms with Gasteiger partial charge in [-0.2, -0.15) is 0 Å². The number of pyridine rings is 1. The molecule has 1 aromatic heterocycles. The minimum absolute atomic E-state index is 0.171. The average molecular weight is 462 g/mol. The molecule has 1 aliphatic heterocycles. The van der Waals surface area contributed by atoms with E-state index in [2.05, 4.69) is 15.5 Å². The van der Waals surface area contributed by atoms with Gasteiger partial charge in [0, 0.05) is 35.5 Å². The van der Waals surface area contributed by atoms with Crippen molar-refractivity contribution in [3.05, 3.63) is 94.7 Å². The van der Waals surface area contributed by atoms with Crippen molar-refractivity contribution in [2.24, 2.45) is 5.16 Å². The lowest BCUT2D eigenvalue weighted by atomic mass is 9.97. The number of hydrogen-bond acceptors (Lipinski definition) is 7. The first-order valence-corrected chi connectivity index (χ1v) is 10.9. The zero-order valence-electron chi connectivity index (χ0n) is 19.4. The number of hydrogen-bond donors (Lipinski definition) is 1. The molecule has 2 aromatic carbocycles. The van der Waals surface area contributed by atoms with Crippen molar-refractivity contribution in [3.8, 4) is 5.88 Å². The molecule has 1 N–H and O–H groups in total. The summed E-state index contributed by atoms with van der Waals surface area (Å²) >= 11 is 0. The fourth-order valence-electron chi connectivity index (χ4n) is 3.91. The molecule has 1 saturated heterocycles. The highest BCUT2D eigenvalue weighted by Crippen LogP contribution is 2.39. The van der Waals surface area contributed by atoms with Crippen molar-refractivity contribution >= 4 is 11.6 Å². The van der Waals surface area contributed by atoms with Gasteiger partial charge in [0.2, 0.25) is 11.7 Å². The Morgan fingerprint density at radius 1 is 1.09 bits per heavy atom. The molecule has 4 rings (SSSR count). The van der Waals surface area contributed by atoms with Gasteiger partial charge >= 0.3 is 0 Å². The number of aryl methyl sites for hydroxylation is 1. The molecule has 8 nitrogen and oxygen atoms in total. The summed E-state index contributed by atoms with van der Waals surface area (Å²) in [6, 6.07) is 19.2. The Hall–Kier alpha value is -3.75. The maximum atomic E-state index is 12.3. The number of likely N-dealkylation sites (N-methyl/N-ethyl adjacent to an activating group) is 1. The molecule has 2 heterocycles. The van der Waals surface area contributed by atoms with Crippen molar-refractivity contribution in [2.75, 3.05) is 27.4 Å². The fourth-order valence-corrected chi connectivity index (χ4v) is 3.91. The largest absolute Gasteiger partial charge is 0.473 e. The topological polar surface area (TPSA) is 91.3 Å². The highest BCUT2D eigenvalue weighted by Gasteiger charge is 2.41. The molecule has 0 bridgehead atoms. The molecule has 34 heavy (non-hydrogen) atoms. The van der Waals surface area contributed by atoms with Gasteiger partial charge < -0.3 is 24.4 Å². The van der Waals surface area contributed by atoms with Gasteiger partial charge in [0.15, 0.2) is 5.71 Å². The standard InChI is InChI=1S/C26H27N3O5/c1-18-15-21(26(33-13-14-34-26)20-10-5-4-6-11-20)16-28-25(18)32-17-19-9-7-8-12-22(19)23(29-31-3)24(30)27-2/h4-12,15-16H,13-14,17H2,1-3H3,(H,27,30)/b29-23-. The van der Waals surface area contributed by atoms with Crippen LogP contribution in [0.1, 0.15) is 27.8 Å². The van der Waals surface area contributed by atoms with E-state index in [0.29, 0.717) is 24.7 Å². The van der Waals surface area contributed by atoms with E-state index in [0.717, 1.165) is 22.3 Å². The molecule has 1 fully saturated rings. The van der Waals surface area contributed by atoms with Crippen LogP contribution in [0, 0.1) is 6.92 Å². The van der Waals surface area contributed by atoms with Crippen molar-refractivity contribution < 1.29 is 23.8 Å². The average Bonchev–Trinajstić information content (AvgIpc) is 3.38. The van der Waals surface area contributed by atoms with E-state index in [1.807, 2.05) is 61.5 Å². The van der Waals surface area contributed by atoms with Gasteiger partial charge in [0.05, 0.1) is 13.2 Å². The predicted molar refractivity (Wildman–Crippen MR) is 126 cm³/mol. The van der Waals surface area contributed by atoms with Gasteiger partial charge in [0.25, 0.3) is 5.91 Å². The minimum Gasteiger partial charge on any atom is -0.473 e. The number of benzene rings is 2. The Morgan fingerprint density at radius 3 is 2.47 bits per heavy atom. The van der Waals surface area contributed by atoms with Crippen LogP contribution in [0.15, 0.2) is 72.0 Å². The number of aromatic nitrogens is 1. The van der Waals surface area contributed by atoms with Crippen LogP contribution in [0.25, 0.3) is 0 Å². The third-order valence-electron chi connectivity index (χ3n) is 5.52. The Labute approximate surface area is 198 Å². The number of carbonyl (C=O) groups excluding carboxylic acids is 1. The molecule has 0 aliphatic carbocycles. The van der Waals surface area contributed by atoms with Gasteiger partial charge in [-0.25, -0.2) is 4.98 Å². The first kappa shape index (κ1) is 23.4. The Bertz CT molecular complexity index is 1170. The second-order valence-corrected chi connectivity index (χ2v) is 7.67. The van der Waals surface area contributed by atoms with E-state index in [1.165, 1.54) is 7.11 Å². The Balaban J connectivity index is 1.59. The zero-order chi connectivity index (χ0) is 24.0. The molecule has 0 radical (unpaired) electrons. The first-order chi connectivity index (χ1) is 16.6. The van der Waals surface area contributed by atoms with Gasteiger partial charge in [-0.15, -0.1) is 0 Å². The van der Waals surface area contributed by atoms with Crippen molar-refractivity contribution in [3.63, 3.8) is 0 Å². The number of oxime groups is 1. The van der Waals surface area contributed by atoms with Gasteiger partial charge in [0.1, 0.15) is 13.7 Å². The second-order valence-electron chi connectivity index (χ2n) is 7.67. The quantitative estimate of drug-likeness (QED) is 0.409. The second kappa shape index (κ2) is 10.5. The third kappa shape index (κ3) is 4.64. The van der Waals surface area contributed by atoms with E-state index in [4.69, 9.17) is 19.0 Å². The normalized spacial score (nSPS) is 15.1. The summed E-state index contributed by atoms with van der Waals surface area (Å²) in [7, 11) is 2.94. The first-order valence-electron chi connectivity index (χ1n) is 10.9. The molecule has 1 aliphatic rings. The van der Waals surface area contributed by atoms with E-state index in [-0.39, 0.29) is 18.2 Å². The molecule has 8 heteroatoms. The smallest absolute Gasteiger partial charge is 0.273 e. The van der Waals surface area contributed by atoms with Crippen molar-refractivity contribution in [2.45, 2.75) is 19.3 Å². The SMILES string of the molecule is CNC(=O)/C(=N\OC)c1ccccc1COc1ncc(C2(c3ccccc3)OCCO2)cc1C. The monoisotopic (exact) mass is 461 g/mol. The van der Waals surface area contributed by atoms with Crippen LogP contribution in [0.3, 0.4) is 0 Å². The number of rotatable bonds is 8. The lowest BCUT2D eigenvalue weighted by molar-refractivity contribution is -0.130. The van der Waals surface area contributed by atoms with Gasteiger partial charge in [-0.1, -0.05) is 59.8 Å². The molecule has 0 unspecified atom stereocenters. The summed E-state index contributed by atoms with van der Waals surface area (Å²) in [5.41, 5.74) is 4.11. The van der Waals surface area contributed by atoms with Crippen LogP contribution in [-0.2, 0) is 31.5 Å². The van der Waals surface area contributed by atoms with E-state index in [9.17, 15) is 4.79 Å². The highest BCUT2D eigenvalue weighted by molar-refractivity contribution is 6.45. The summed E-state index contributed by atoms with van der Waals surface area (Å²) in [6.07, 6.45) is 1.72. The van der Waals surface area contributed by atoms with Crippen molar-refractivity contribution in [1.29, 1.82) is 0 Å². The van der Waals surface area contributed by atoms with Crippen LogP contribution in [0.5, 0.6) is 5.88 Å². The van der Waals surface area contributed by atoms with Crippen LogP contribution in [-0.4, -0.2) is 44.0 Å². The molecule has 0 atom stereocenters. The zero-order valence-corrected chi connectivity index (χ0v) is 19.4. The maximum absolute atomic E-state index is 12.3. The van der Waals surface area contributed by atoms with Crippen LogP contribution in [0.2, 0.25) is 0 Å². The lowest BCUT2D eigenvalue weighted by Gasteiger charge is -2.28. The predicted octanol–water partition coefficient (Wildman–Crippen LogP) is 3.31. The summed E-state index contributed by atoms with van der Waals surface area (Å²) in [5, 5.41) is 6.48. The summed E-state index contributed by atoms with van der Waals surface area (Å²) < 4.78 is 18.2. The number of amides is 1. The van der Waals surface area contributed by atoms with E-state index in [1.54, 1.807) is 19.3 Å². The Kier molecular flexibility index (Phi) is 7.20. The third-order valence-corrected chi connectivity index (χ3v) is 5.52. The summed E-state index contributed by atoms with van der Waals surface area (Å²) in [4.78, 5) is 21.7. The minimum atomic E-state index is -0.983. The number of nitrogens with zero attached hydrogens (tertiary/aromatic N) is 2. The highest BCUT2D eigenvalue weighted by atomic mass is 16.7. The van der Waals surface area contributed by atoms with Crippen LogP contribution < -0.4 is 10.1 Å². The molecular formula is C26H27N3O5. The van der Waals surface area contributed by atoms with Gasteiger partial charge in [-0.05, 0) is 18.6 Å². The lowest BCUT2D eigenvalue weighted by Crippen LogP contribution is -2.29. The summed E-state index contributed by atoms with van der Waals surface area (Å²) in [5.74, 6) is -0.857. The number of nitrogens with one attached hydrogen (secondary N) is 1. The molecule has 0 spiro atoms. The summed E-state index contributed by atoms with van der Waals surface area (Å²) in [6.45, 7) is 3.12. The molecule has 3 aromatic rings. The Morgan fingerprint density at radius 2 is 1.79 bits per heavy atom. The number of carbonyl (C=O) groups is 1. The molecular weight excluding hydrogens is 434 g/mol. The van der Waals surface area contributed by atoms with Crippen LogP contribution in [0.4, 0.5) is 0 Å². The van der Waals surface area contributed by atoms with E-state index < -0.39 is 5.79 Å². The van der Waals surface area contributed by atoms with Crippen LogP contribution >= 0.6 is 0 Å². The fraction of sp³-hybridized carbons (Fsp3) is 0.269. The number of ether oxygens (including phenoxy) is 3. The van der Waals surface area contributed by atoms with Gasteiger partial charge in [-0.3, -0.25) is 4.79 Å². The van der Waals surface area contributed by atoms with Crippen molar-refractivity contribution in [1.82, 2.24) is 10.3 Å². The molecule has 176 valence electrons. The molecule has 0 saturated carbocycles.